The minimum atomic E-state index is -0.409. The molecule has 1 aromatic heterocycles. The van der Waals surface area contributed by atoms with E-state index in [1.54, 1.807) is 0 Å². The van der Waals surface area contributed by atoms with Crippen molar-refractivity contribution in [2.45, 2.75) is 18.9 Å². The van der Waals surface area contributed by atoms with Crippen LogP contribution in [0, 0.1) is 10.1 Å². The molecule has 0 aromatic carbocycles. The molecule has 2 rings (SSSR count). The van der Waals surface area contributed by atoms with Crippen molar-refractivity contribution in [3.63, 3.8) is 0 Å². The monoisotopic (exact) mass is 301 g/mol. The minimum absolute atomic E-state index is 0.0402. The normalized spacial score (nSPS) is 16.8. The third-order valence-electron chi connectivity index (χ3n) is 2.63. The predicted molar refractivity (Wildman–Crippen MR) is 66.1 cm³/mol. The van der Waals surface area contributed by atoms with Crippen LogP contribution in [0.1, 0.15) is 12.8 Å². The van der Waals surface area contributed by atoms with Gasteiger partial charge in [0, 0.05) is 19.3 Å². The first-order valence-electron chi connectivity index (χ1n) is 5.31. The number of nitrogens with one attached hydrogen (secondary N) is 1. The molecule has 0 radical (unpaired) electrons. The molecule has 0 amide bonds. The van der Waals surface area contributed by atoms with Crippen molar-refractivity contribution in [1.29, 1.82) is 0 Å². The van der Waals surface area contributed by atoms with Gasteiger partial charge in [-0.05, 0) is 28.8 Å². The predicted octanol–water partition coefficient (Wildman–Crippen LogP) is 2.34. The molecule has 1 aliphatic rings. The molecule has 0 saturated carbocycles. The quantitative estimate of drug-likeness (QED) is 0.527. The SMILES string of the molecule is O=[N+]([O-])c1cc(Br)ncc1NC1CCOCC1. The van der Waals surface area contributed by atoms with Gasteiger partial charge in [0.2, 0.25) is 0 Å². The fourth-order valence-electron chi connectivity index (χ4n) is 1.74. The van der Waals surface area contributed by atoms with Crippen LogP contribution in [-0.2, 0) is 4.74 Å². The number of rotatable bonds is 3. The highest BCUT2D eigenvalue weighted by molar-refractivity contribution is 9.10. The summed E-state index contributed by atoms with van der Waals surface area (Å²) in [6.45, 7) is 1.38. The average molecular weight is 302 g/mol. The number of aromatic nitrogens is 1. The molecule has 7 heteroatoms. The number of ether oxygens (including phenoxy) is 1. The van der Waals surface area contributed by atoms with E-state index < -0.39 is 4.92 Å². The largest absolute Gasteiger partial charge is 0.381 e. The molecule has 17 heavy (non-hydrogen) atoms. The Hall–Kier alpha value is -1.21. The van der Waals surface area contributed by atoms with E-state index in [1.807, 2.05) is 0 Å². The van der Waals surface area contributed by atoms with Crippen molar-refractivity contribution in [3.05, 3.63) is 27.0 Å². The van der Waals surface area contributed by atoms with Crippen LogP contribution in [0.4, 0.5) is 11.4 Å². The van der Waals surface area contributed by atoms with Crippen LogP contribution in [0.3, 0.4) is 0 Å². The van der Waals surface area contributed by atoms with Crippen molar-refractivity contribution in [2.24, 2.45) is 0 Å². The van der Waals surface area contributed by atoms with Gasteiger partial charge < -0.3 is 10.1 Å². The number of hydrogen-bond acceptors (Lipinski definition) is 5. The number of halogens is 1. The molecule has 1 aromatic rings. The third kappa shape index (κ3) is 3.13. The Morgan fingerprint density at radius 1 is 1.53 bits per heavy atom. The summed E-state index contributed by atoms with van der Waals surface area (Å²) in [6, 6.07) is 1.62. The summed E-state index contributed by atoms with van der Waals surface area (Å²) in [5, 5.41) is 14.1. The van der Waals surface area contributed by atoms with Crippen molar-refractivity contribution < 1.29 is 9.66 Å². The van der Waals surface area contributed by atoms with Gasteiger partial charge >= 0.3 is 0 Å². The van der Waals surface area contributed by atoms with Crippen molar-refractivity contribution in [3.8, 4) is 0 Å². The second-order valence-electron chi connectivity index (χ2n) is 3.81. The minimum Gasteiger partial charge on any atom is -0.381 e. The van der Waals surface area contributed by atoms with Gasteiger partial charge in [0.05, 0.1) is 17.2 Å². The summed E-state index contributed by atoms with van der Waals surface area (Å²) in [5.74, 6) is 0. The molecule has 0 unspecified atom stereocenters. The van der Waals surface area contributed by atoms with Crippen molar-refractivity contribution in [1.82, 2.24) is 4.98 Å². The van der Waals surface area contributed by atoms with E-state index in [1.165, 1.54) is 12.3 Å². The highest BCUT2D eigenvalue weighted by Crippen LogP contribution is 2.27. The summed E-state index contributed by atoms with van der Waals surface area (Å²) >= 11 is 3.13. The van der Waals surface area contributed by atoms with Crippen LogP contribution in [0.15, 0.2) is 16.9 Å². The zero-order valence-corrected chi connectivity index (χ0v) is 10.6. The highest BCUT2D eigenvalue weighted by Gasteiger charge is 2.20. The van der Waals surface area contributed by atoms with E-state index in [0.717, 1.165) is 12.8 Å². The summed E-state index contributed by atoms with van der Waals surface area (Å²) in [5.41, 5.74) is 0.503. The number of hydrogen-bond donors (Lipinski definition) is 1. The molecule has 0 atom stereocenters. The number of nitrogens with zero attached hydrogens (tertiary/aromatic N) is 2. The van der Waals surface area contributed by atoms with E-state index in [0.29, 0.717) is 23.5 Å². The Bertz CT molecular complexity index is 421. The standard InChI is InChI=1S/C10H12BrN3O3/c11-10-5-9(14(15)16)8(6-12-10)13-7-1-3-17-4-2-7/h5-7,13H,1-4H2. The molecule has 6 nitrogen and oxygen atoms in total. The first-order chi connectivity index (χ1) is 8.16. The lowest BCUT2D eigenvalue weighted by Crippen LogP contribution is -2.28. The summed E-state index contributed by atoms with van der Waals surface area (Å²) in [7, 11) is 0. The van der Waals surface area contributed by atoms with E-state index in [-0.39, 0.29) is 11.7 Å². The second kappa shape index (κ2) is 5.42. The molecule has 0 spiro atoms. The fraction of sp³-hybridized carbons (Fsp3) is 0.500. The lowest BCUT2D eigenvalue weighted by Gasteiger charge is -2.23. The maximum atomic E-state index is 10.9. The van der Waals surface area contributed by atoms with Crippen LogP contribution < -0.4 is 5.32 Å². The Morgan fingerprint density at radius 3 is 2.88 bits per heavy atom. The molecular formula is C10H12BrN3O3. The molecule has 0 aliphatic carbocycles. The van der Waals surface area contributed by atoms with Gasteiger partial charge in [-0.1, -0.05) is 0 Å². The second-order valence-corrected chi connectivity index (χ2v) is 4.62. The molecule has 1 fully saturated rings. The van der Waals surface area contributed by atoms with E-state index in [9.17, 15) is 10.1 Å². The zero-order valence-electron chi connectivity index (χ0n) is 9.06. The highest BCUT2D eigenvalue weighted by atomic mass is 79.9. The van der Waals surface area contributed by atoms with E-state index in [4.69, 9.17) is 4.74 Å². The van der Waals surface area contributed by atoms with Crippen LogP contribution >= 0.6 is 15.9 Å². The average Bonchev–Trinajstić information content (AvgIpc) is 2.32. The molecular weight excluding hydrogens is 290 g/mol. The molecule has 1 aliphatic heterocycles. The molecule has 92 valence electrons. The van der Waals surface area contributed by atoms with E-state index >= 15 is 0 Å². The van der Waals surface area contributed by atoms with Gasteiger partial charge in [0.1, 0.15) is 10.3 Å². The Balaban J connectivity index is 2.16. The number of pyridine rings is 1. The Kier molecular flexibility index (Phi) is 3.90. The molecule has 1 saturated heterocycles. The van der Waals surface area contributed by atoms with Crippen molar-refractivity contribution >= 4 is 27.3 Å². The number of nitro groups is 1. The Morgan fingerprint density at radius 2 is 2.24 bits per heavy atom. The van der Waals surface area contributed by atoms with Gasteiger partial charge in [0.15, 0.2) is 0 Å². The maximum Gasteiger partial charge on any atom is 0.296 e. The number of anilines is 1. The van der Waals surface area contributed by atoms with Gasteiger partial charge in [-0.15, -0.1) is 0 Å². The van der Waals surface area contributed by atoms with Gasteiger partial charge in [-0.3, -0.25) is 10.1 Å². The zero-order chi connectivity index (χ0) is 12.3. The fourth-order valence-corrected chi connectivity index (χ4v) is 2.06. The Labute approximate surface area is 107 Å². The topological polar surface area (TPSA) is 77.3 Å². The van der Waals surface area contributed by atoms with Gasteiger partial charge in [-0.2, -0.15) is 0 Å². The van der Waals surface area contributed by atoms with Crippen LogP contribution in [0.2, 0.25) is 0 Å². The maximum absolute atomic E-state index is 10.9. The van der Waals surface area contributed by atoms with Crippen LogP contribution in [0.25, 0.3) is 0 Å². The van der Waals surface area contributed by atoms with Crippen molar-refractivity contribution in [2.75, 3.05) is 18.5 Å². The van der Waals surface area contributed by atoms with E-state index in [2.05, 4.69) is 26.2 Å². The lowest BCUT2D eigenvalue weighted by atomic mass is 10.1. The van der Waals surface area contributed by atoms with Gasteiger partial charge in [-0.25, -0.2) is 4.98 Å². The molecule has 1 N–H and O–H groups in total. The summed E-state index contributed by atoms with van der Waals surface area (Å²) < 4.78 is 5.70. The summed E-state index contributed by atoms with van der Waals surface area (Å²) in [6.07, 6.45) is 3.19. The summed E-state index contributed by atoms with van der Waals surface area (Å²) in [4.78, 5) is 14.5. The third-order valence-corrected chi connectivity index (χ3v) is 3.06. The smallest absolute Gasteiger partial charge is 0.296 e. The molecule has 0 bridgehead atoms. The first kappa shape index (κ1) is 12.3. The van der Waals surface area contributed by atoms with Gasteiger partial charge in [0.25, 0.3) is 5.69 Å². The van der Waals surface area contributed by atoms with Crippen LogP contribution in [-0.4, -0.2) is 29.2 Å². The lowest BCUT2D eigenvalue weighted by molar-refractivity contribution is -0.384. The molecule has 2 heterocycles. The van der Waals surface area contributed by atoms with Crippen LogP contribution in [0.5, 0.6) is 0 Å². The first-order valence-corrected chi connectivity index (χ1v) is 6.10.